The number of aromatic nitrogens is 1. The van der Waals surface area contributed by atoms with E-state index in [0.29, 0.717) is 11.4 Å². The van der Waals surface area contributed by atoms with E-state index in [1.54, 1.807) is 39.1 Å². The van der Waals surface area contributed by atoms with Crippen LogP contribution in [0.5, 0.6) is 0 Å². The molecule has 0 saturated heterocycles. The molecule has 1 heterocycles. The number of sulfonamides is 1. The molecule has 4 nitrogen and oxygen atoms in total. The predicted octanol–water partition coefficient (Wildman–Crippen LogP) is 1.54. The zero-order valence-electron chi connectivity index (χ0n) is 8.48. The lowest BCUT2D eigenvalue weighted by molar-refractivity contribution is 0.592. The Labute approximate surface area is 84.4 Å². The van der Waals surface area contributed by atoms with Gasteiger partial charge in [-0.05, 0) is 32.9 Å². The molecule has 0 saturated carbocycles. The van der Waals surface area contributed by atoms with Gasteiger partial charge >= 0.3 is 0 Å². The van der Waals surface area contributed by atoms with Crippen molar-refractivity contribution in [1.82, 2.24) is 4.98 Å². The van der Waals surface area contributed by atoms with Gasteiger partial charge in [-0.2, -0.15) is 0 Å². The third-order valence-electron chi connectivity index (χ3n) is 1.88. The third-order valence-corrected chi connectivity index (χ3v) is 3.63. The van der Waals surface area contributed by atoms with Crippen LogP contribution in [-0.4, -0.2) is 18.7 Å². The van der Waals surface area contributed by atoms with Crippen LogP contribution in [0.1, 0.15) is 19.5 Å². The highest BCUT2D eigenvalue weighted by Crippen LogP contribution is 2.14. The summed E-state index contributed by atoms with van der Waals surface area (Å²) in [4.78, 5) is 4.00. The highest BCUT2D eigenvalue weighted by Gasteiger charge is 2.16. The molecule has 0 atom stereocenters. The van der Waals surface area contributed by atoms with Crippen molar-refractivity contribution in [2.45, 2.75) is 26.0 Å². The highest BCUT2D eigenvalue weighted by molar-refractivity contribution is 7.93. The van der Waals surface area contributed by atoms with Gasteiger partial charge in [0, 0.05) is 6.20 Å². The standard InChI is InChI=1S/C9H14N2O2S/c1-7(2)14(12,13)11-9-5-4-6-10-8(9)3/h4-7,11H,1-3H3. The first kappa shape index (κ1) is 11.0. The summed E-state index contributed by atoms with van der Waals surface area (Å²) in [6, 6.07) is 3.40. The van der Waals surface area contributed by atoms with Crippen LogP contribution in [0.3, 0.4) is 0 Å². The van der Waals surface area contributed by atoms with Crippen molar-refractivity contribution in [2.24, 2.45) is 0 Å². The molecule has 0 spiro atoms. The Morgan fingerprint density at radius 2 is 2.07 bits per heavy atom. The summed E-state index contributed by atoms with van der Waals surface area (Å²) in [7, 11) is -3.26. The second-order valence-corrected chi connectivity index (χ2v) is 5.57. The van der Waals surface area contributed by atoms with Crippen molar-refractivity contribution < 1.29 is 8.42 Å². The molecule has 0 radical (unpaired) electrons. The van der Waals surface area contributed by atoms with E-state index in [1.807, 2.05) is 0 Å². The molecule has 0 unspecified atom stereocenters. The van der Waals surface area contributed by atoms with Gasteiger partial charge in [-0.25, -0.2) is 8.42 Å². The normalized spacial score (nSPS) is 11.7. The fourth-order valence-corrected chi connectivity index (χ4v) is 1.62. The zero-order valence-corrected chi connectivity index (χ0v) is 9.30. The number of pyridine rings is 1. The van der Waals surface area contributed by atoms with E-state index in [1.165, 1.54) is 0 Å². The molecule has 0 fully saturated rings. The van der Waals surface area contributed by atoms with Crippen LogP contribution in [0, 0.1) is 6.92 Å². The van der Waals surface area contributed by atoms with Crippen LogP contribution in [0.25, 0.3) is 0 Å². The molecule has 1 rings (SSSR count). The monoisotopic (exact) mass is 214 g/mol. The summed E-state index contributed by atoms with van der Waals surface area (Å²) >= 11 is 0. The molecule has 1 N–H and O–H groups in total. The molecule has 1 aromatic rings. The van der Waals surface area contributed by atoms with Crippen molar-refractivity contribution in [3.8, 4) is 0 Å². The van der Waals surface area contributed by atoms with Gasteiger partial charge in [0.25, 0.3) is 0 Å². The molecular weight excluding hydrogens is 200 g/mol. The predicted molar refractivity (Wildman–Crippen MR) is 56.7 cm³/mol. The van der Waals surface area contributed by atoms with Crippen LogP contribution in [0.4, 0.5) is 5.69 Å². The number of nitrogens with zero attached hydrogens (tertiary/aromatic N) is 1. The summed E-state index contributed by atoms with van der Waals surface area (Å²) in [5.74, 6) is 0. The molecule has 0 amide bonds. The molecule has 0 aliphatic heterocycles. The zero-order chi connectivity index (χ0) is 10.8. The summed E-state index contributed by atoms with van der Waals surface area (Å²) in [6.45, 7) is 5.03. The molecule has 0 aliphatic rings. The minimum atomic E-state index is -3.26. The Morgan fingerprint density at radius 1 is 1.43 bits per heavy atom. The van der Waals surface area contributed by atoms with Gasteiger partial charge in [-0.1, -0.05) is 0 Å². The molecule has 0 bridgehead atoms. The fourth-order valence-electron chi connectivity index (χ4n) is 0.863. The number of hydrogen-bond acceptors (Lipinski definition) is 3. The lowest BCUT2D eigenvalue weighted by Gasteiger charge is -2.11. The van der Waals surface area contributed by atoms with E-state index in [4.69, 9.17) is 0 Å². The van der Waals surface area contributed by atoms with E-state index < -0.39 is 15.3 Å². The average molecular weight is 214 g/mol. The average Bonchev–Trinajstić information content (AvgIpc) is 2.08. The van der Waals surface area contributed by atoms with Gasteiger partial charge < -0.3 is 0 Å². The molecule has 1 aromatic heterocycles. The van der Waals surface area contributed by atoms with E-state index in [0.717, 1.165) is 0 Å². The van der Waals surface area contributed by atoms with Crippen molar-refractivity contribution in [3.63, 3.8) is 0 Å². The number of hydrogen-bond donors (Lipinski definition) is 1. The van der Waals surface area contributed by atoms with Crippen molar-refractivity contribution >= 4 is 15.7 Å². The van der Waals surface area contributed by atoms with E-state index >= 15 is 0 Å². The third kappa shape index (κ3) is 2.45. The summed E-state index contributed by atoms with van der Waals surface area (Å²) in [5, 5.41) is -0.442. The van der Waals surface area contributed by atoms with Gasteiger partial charge in [0.15, 0.2) is 0 Å². The number of nitrogens with one attached hydrogen (secondary N) is 1. The lowest BCUT2D eigenvalue weighted by atomic mass is 10.3. The SMILES string of the molecule is Cc1ncccc1NS(=O)(=O)C(C)C. The summed E-state index contributed by atoms with van der Waals surface area (Å²) in [5.41, 5.74) is 1.22. The Kier molecular flexibility index (Phi) is 3.10. The van der Waals surface area contributed by atoms with Crippen LogP contribution in [0.2, 0.25) is 0 Å². The molecule has 0 aliphatic carbocycles. The molecular formula is C9H14N2O2S. The largest absolute Gasteiger partial charge is 0.281 e. The highest BCUT2D eigenvalue weighted by atomic mass is 32.2. The Hall–Kier alpha value is -1.10. The molecule has 14 heavy (non-hydrogen) atoms. The number of anilines is 1. The maximum atomic E-state index is 11.5. The number of rotatable bonds is 3. The van der Waals surface area contributed by atoms with E-state index in [9.17, 15) is 8.42 Å². The van der Waals surface area contributed by atoms with Crippen molar-refractivity contribution in [2.75, 3.05) is 4.72 Å². The molecule has 5 heteroatoms. The van der Waals surface area contributed by atoms with Crippen LogP contribution >= 0.6 is 0 Å². The van der Waals surface area contributed by atoms with Crippen molar-refractivity contribution in [3.05, 3.63) is 24.0 Å². The van der Waals surface area contributed by atoms with E-state index in [-0.39, 0.29) is 0 Å². The van der Waals surface area contributed by atoms with Gasteiger partial charge in [0.1, 0.15) is 0 Å². The fraction of sp³-hybridized carbons (Fsp3) is 0.444. The smallest absolute Gasteiger partial charge is 0.235 e. The Bertz CT molecular complexity index is 413. The van der Waals surface area contributed by atoms with Crippen molar-refractivity contribution in [1.29, 1.82) is 0 Å². The number of aryl methyl sites for hydroxylation is 1. The summed E-state index contributed by atoms with van der Waals surface area (Å²) < 4.78 is 25.5. The van der Waals surface area contributed by atoms with Crippen LogP contribution in [-0.2, 0) is 10.0 Å². The maximum Gasteiger partial charge on any atom is 0.235 e. The van der Waals surface area contributed by atoms with Crippen LogP contribution < -0.4 is 4.72 Å². The van der Waals surface area contributed by atoms with Gasteiger partial charge in [-0.15, -0.1) is 0 Å². The first-order valence-corrected chi connectivity index (χ1v) is 5.91. The Morgan fingerprint density at radius 3 is 2.57 bits per heavy atom. The Balaban J connectivity index is 2.96. The van der Waals surface area contributed by atoms with Gasteiger partial charge in [0.2, 0.25) is 10.0 Å². The first-order valence-electron chi connectivity index (χ1n) is 4.37. The molecule has 0 aromatic carbocycles. The topological polar surface area (TPSA) is 59.1 Å². The quantitative estimate of drug-likeness (QED) is 0.830. The second-order valence-electron chi connectivity index (χ2n) is 3.33. The maximum absolute atomic E-state index is 11.5. The molecule has 78 valence electrons. The van der Waals surface area contributed by atoms with Crippen LogP contribution in [0.15, 0.2) is 18.3 Å². The second kappa shape index (κ2) is 3.96. The van der Waals surface area contributed by atoms with Gasteiger partial charge in [0.05, 0.1) is 16.6 Å². The first-order chi connectivity index (χ1) is 6.43. The summed E-state index contributed by atoms with van der Waals surface area (Å²) in [6.07, 6.45) is 1.63. The lowest BCUT2D eigenvalue weighted by Crippen LogP contribution is -2.23. The van der Waals surface area contributed by atoms with E-state index in [2.05, 4.69) is 9.71 Å². The minimum Gasteiger partial charge on any atom is -0.281 e. The minimum absolute atomic E-state index is 0.442. The van der Waals surface area contributed by atoms with Gasteiger partial charge in [-0.3, -0.25) is 9.71 Å².